The van der Waals surface area contributed by atoms with Crippen LogP contribution in [-0.4, -0.2) is 92.1 Å². The van der Waals surface area contributed by atoms with Crippen LogP contribution in [0.1, 0.15) is 41.5 Å². The Morgan fingerprint density at radius 3 is 1.66 bits per heavy atom. The molecule has 15 heteroatoms. The normalized spacial score (nSPS) is 30.4. The number of methoxy groups -OCH3 is 1. The highest BCUT2D eigenvalue weighted by molar-refractivity contribution is 5.86. The van der Waals surface area contributed by atoms with E-state index in [0.29, 0.717) is 0 Å². The van der Waals surface area contributed by atoms with Crippen molar-refractivity contribution in [1.82, 2.24) is 0 Å². The Morgan fingerprint density at radius 1 is 0.658 bits per heavy atom. The summed E-state index contributed by atoms with van der Waals surface area (Å²) in [6.45, 7) is 6.89. The molecular formula is C23H30O15. The highest BCUT2D eigenvalue weighted by atomic mass is 16.8. The molecule has 0 aromatic heterocycles. The molecule has 0 spiro atoms. The van der Waals surface area contributed by atoms with Crippen LogP contribution in [0.4, 0.5) is 0 Å². The Kier molecular flexibility index (Phi) is 10.6. The molecule has 0 saturated carbocycles. The fourth-order valence-electron chi connectivity index (χ4n) is 3.77. The Morgan fingerprint density at radius 2 is 1.16 bits per heavy atom. The summed E-state index contributed by atoms with van der Waals surface area (Å²) in [5.74, 6) is -5.46. The van der Waals surface area contributed by atoms with E-state index < -0.39 is 90.8 Å². The van der Waals surface area contributed by atoms with Crippen LogP contribution in [0.15, 0.2) is 11.8 Å². The van der Waals surface area contributed by atoms with Gasteiger partial charge in [-0.1, -0.05) is 0 Å². The van der Waals surface area contributed by atoms with Crippen LogP contribution in [0, 0.1) is 0 Å². The Balaban J connectivity index is 2.58. The maximum atomic E-state index is 12.3. The molecule has 212 valence electrons. The monoisotopic (exact) mass is 546 g/mol. The van der Waals surface area contributed by atoms with Gasteiger partial charge in [-0.3, -0.25) is 24.0 Å². The zero-order chi connectivity index (χ0) is 28.7. The maximum Gasteiger partial charge on any atom is 0.373 e. The predicted octanol–water partition coefficient (Wildman–Crippen LogP) is -0.180. The third-order valence-corrected chi connectivity index (χ3v) is 5.05. The first-order valence-corrected chi connectivity index (χ1v) is 11.4. The second-order valence-corrected chi connectivity index (χ2v) is 8.22. The fourth-order valence-corrected chi connectivity index (χ4v) is 3.77. The van der Waals surface area contributed by atoms with Gasteiger partial charge in [0.1, 0.15) is 0 Å². The highest BCUT2D eigenvalue weighted by Crippen LogP contribution is 2.33. The summed E-state index contributed by atoms with van der Waals surface area (Å²) in [5, 5.41) is 0. The van der Waals surface area contributed by atoms with E-state index in [9.17, 15) is 28.8 Å². The van der Waals surface area contributed by atoms with Crippen molar-refractivity contribution in [3.63, 3.8) is 0 Å². The first-order chi connectivity index (χ1) is 17.7. The molecule has 15 nitrogen and oxygen atoms in total. The van der Waals surface area contributed by atoms with Crippen molar-refractivity contribution in [1.29, 1.82) is 0 Å². The zero-order valence-electron chi connectivity index (χ0n) is 21.8. The summed E-state index contributed by atoms with van der Waals surface area (Å²) in [4.78, 5) is 71.5. The lowest BCUT2D eigenvalue weighted by Gasteiger charge is -2.45. The summed E-state index contributed by atoms with van der Waals surface area (Å²) < 4.78 is 48.2. The number of hydrogen-bond acceptors (Lipinski definition) is 15. The average Bonchev–Trinajstić information content (AvgIpc) is 2.78. The molecule has 2 heterocycles. The lowest BCUT2D eigenvalue weighted by atomic mass is 9.98. The topological polar surface area (TPSA) is 185 Å². The Bertz CT molecular complexity index is 972. The molecule has 0 aromatic rings. The smallest absolute Gasteiger partial charge is 0.373 e. The van der Waals surface area contributed by atoms with Gasteiger partial charge in [0.15, 0.2) is 24.4 Å². The summed E-state index contributed by atoms with van der Waals surface area (Å²) in [6, 6.07) is 0. The summed E-state index contributed by atoms with van der Waals surface area (Å²) in [7, 11) is 1.06. The van der Waals surface area contributed by atoms with E-state index >= 15 is 0 Å². The molecule has 2 aliphatic rings. The SMILES string of the molecule is COC(=O)C1=C[C@H](OC(C)=O)[C@@H](OC(C)=O)[C@@H](O[C@@H]2[C@H](OC(C)=O)O[C@@H](C)[C@H](OC(C)=O)[C@H]2OC(C)=O)O1. The summed E-state index contributed by atoms with van der Waals surface area (Å²) in [6.07, 6.45) is -10.4. The highest BCUT2D eigenvalue weighted by Gasteiger charge is 2.54. The van der Waals surface area contributed by atoms with E-state index in [1.165, 1.54) is 6.92 Å². The molecule has 2 aliphatic heterocycles. The minimum Gasteiger partial charge on any atom is -0.463 e. The quantitative estimate of drug-likeness (QED) is 0.288. The first kappa shape index (κ1) is 30.5. The van der Waals surface area contributed by atoms with E-state index in [2.05, 4.69) is 4.74 Å². The minimum atomic E-state index is -1.74. The largest absolute Gasteiger partial charge is 0.463 e. The number of rotatable bonds is 8. The lowest BCUT2D eigenvalue weighted by molar-refractivity contribution is -0.333. The molecule has 0 aromatic carbocycles. The fraction of sp³-hybridized carbons (Fsp3) is 0.652. The van der Waals surface area contributed by atoms with Gasteiger partial charge in [-0.05, 0) is 6.92 Å². The average molecular weight is 546 g/mol. The van der Waals surface area contributed by atoms with E-state index in [1.54, 1.807) is 0 Å². The van der Waals surface area contributed by atoms with Gasteiger partial charge < -0.3 is 42.6 Å². The zero-order valence-corrected chi connectivity index (χ0v) is 21.8. The lowest BCUT2D eigenvalue weighted by Crippen LogP contribution is -2.63. The maximum absolute atomic E-state index is 12.3. The van der Waals surface area contributed by atoms with E-state index in [4.69, 9.17) is 37.9 Å². The third kappa shape index (κ3) is 8.14. The molecule has 0 amide bonds. The van der Waals surface area contributed by atoms with Gasteiger partial charge in [0.25, 0.3) is 0 Å². The Hall–Kier alpha value is -3.72. The standard InChI is InChI=1S/C23H30O15/c1-9-17(33-11(3)25)19(35-13(5)27)20(23(31-9)36-14(6)28)38-22-18(34-12(4)26)15(32-10(2)24)8-16(37-22)21(29)30-7/h8-9,15,17-20,22-23H,1-7H3/t9-,15-,17-,18+,19+,20-,22+,23-/m0/s1. The van der Waals surface area contributed by atoms with Crippen LogP contribution in [0.25, 0.3) is 0 Å². The number of carbonyl (C=O) groups is 6. The van der Waals surface area contributed by atoms with E-state index in [-0.39, 0.29) is 0 Å². The summed E-state index contributed by atoms with van der Waals surface area (Å²) >= 11 is 0. The molecule has 0 aliphatic carbocycles. The van der Waals surface area contributed by atoms with Crippen LogP contribution in [0.5, 0.6) is 0 Å². The second kappa shape index (κ2) is 13.2. The Labute approximate surface area is 217 Å². The van der Waals surface area contributed by atoms with Crippen molar-refractivity contribution in [2.24, 2.45) is 0 Å². The van der Waals surface area contributed by atoms with Crippen LogP contribution in [-0.2, 0) is 71.4 Å². The minimum absolute atomic E-state index is 0.471. The molecule has 0 radical (unpaired) electrons. The van der Waals surface area contributed by atoms with Crippen LogP contribution < -0.4 is 0 Å². The van der Waals surface area contributed by atoms with Gasteiger partial charge in [0.05, 0.1) is 13.2 Å². The molecular weight excluding hydrogens is 516 g/mol. The number of hydrogen-bond donors (Lipinski definition) is 0. The number of carbonyl (C=O) groups excluding carboxylic acids is 6. The van der Waals surface area contributed by atoms with Crippen molar-refractivity contribution >= 4 is 35.8 Å². The van der Waals surface area contributed by atoms with Gasteiger partial charge in [-0.2, -0.15) is 0 Å². The van der Waals surface area contributed by atoms with Crippen LogP contribution >= 0.6 is 0 Å². The second-order valence-electron chi connectivity index (χ2n) is 8.22. The molecule has 1 fully saturated rings. The van der Waals surface area contributed by atoms with Crippen molar-refractivity contribution in [3.8, 4) is 0 Å². The first-order valence-electron chi connectivity index (χ1n) is 11.4. The molecule has 1 saturated heterocycles. The third-order valence-electron chi connectivity index (χ3n) is 5.05. The molecule has 2 rings (SSSR count). The van der Waals surface area contributed by atoms with Gasteiger partial charge in [0, 0.05) is 40.7 Å². The molecule has 8 atom stereocenters. The predicted molar refractivity (Wildman–Crippen MR) is 118 cm³/mol. The van der Waals surface area contributed by atoms with Crippen molar-refractivity contribution < 1.29 is 71.4 Å². The molecule has 0 unspecified atom stereocenters. The number of esters is 6. The van der Waals surface area contributed by atoms with Crippen molar-refractivity contribution in [2.45, 2.75) is 90.7 Å². The van der Waals surface area contributed by atoms with Gasteiger partial charge in [0.2, 0.25) is 24.4 Å². The van der Waals surface area contributed by atoms with Gasteiger partial charge >= 0.3 is 35.8 Å². The van der Waals surface area contributed by atoms with Gasteiger partial charge in [-0.25, -0.2) is 4.79 Å². The number of ether oxygens (including phenoxy) is 9. The molecule has 38 heavy (non-hydrogen) atoms. The molecule has 0 bridgehead atoms. The van der Waals surface area contributed by atoms with E-state index in [0.717, 1.165) is 47.8 Å². The van der Waals surface area contributed by atoms with Crippen molar-refractivity contribution in [3.05, 3.63) is 11.8 Å². The van der Waals surface area contributed by atoms with Crippen molar-refractivity contribution in [2.75, 3.05) is 7.11 Å². The molecule has 0 N–H and O–H groups in total. The van der Waals surface area contributed by atoms with Crippen LogP contribution in [0.2, 0.25) is 0 Å². The summed E-state index contributed by atoms with van der Waals surface area (Å²) in [5.41, 5.74) is 0. The van der Waals surface area contributed by atoms with E-state index in [1.807, 2.05) is 0 Å². The van der Waals surface area contributed by atoms with Gasteiger partial charge in [-0.15, -0.1) is 0 Å². The van der Waals surface area contributed by atoms with Crippen LogP contribution in [0.3, 0.4) is 0 Å².